The topological polar surface area (TPSA) is 156 Å². The molecule has 0 atom stereocenters. The number of hydrogen-bond donors (Lipinski definition) is 2. The summed E-state index contributed by atoms with van der Waals surface area (Å²) in [5, 5.41) is 2.91. The number of nitrogens with two attached hydrogens (primary N) is 1. The van der Waals surface area contributed by atoms with E-state index in [0.717, 1.165) is 45.6 Å². The van der Waals surface area contributed by atoms with Crippen molar-refractivity contribution in [1.82, 2.24) is 45.0 Å². The van der Waals surface area contributed by atoms with Crippen LogP contribution in [0, 0.1) is 12.8 Å². The van der Waals surface area contributed by atoms with Crippen molar-refractivity contribution in [3.05, 3.63) is 142 Å². The van der Waals surface area contributed by atoms with Gasteiger partial charge in [-0.1, -0.05) is 38.1 Å². The molecule has 0 unspecified atom stereocenters. The summed E-state index contributed by atoms with van der Waals surface area (Å²) in [5.74, 6) is -0.494. The zero-order valence-electron chi connectivity index (χ0n) is 32.2. The van der Waals surface area contributed by atoms with Crippen molar-refractivity contribution in [2.24, 2.45) is 11.7 Å². The molecule has 12 nitrogen and oxygen atoms in total. The van der Waals surface area contributed by atoms with Crippen molar-refractivity contribution in [1.29, 1.82) is 0 Å². The summed E-state index contributed by atoms with van der Waals surface area (Å²) in [7, 11) is 2.00. The van der Waals surface area contributed by atoms with Gasteiger partial charge in [0.05, 0.1) is 62.6 Å². The van der Waals surface area contributed by atoms with Crippen molar-refractivity contribution in [3.63, 3.8) is 0 Å². The molecule has 8 bridgehead atoms. The van der Waals surface area contributed by atoms with Crippen LogP contribution in [0.2, 0.25) is 0 Å². The summed E-state index contributed by atoms with van der Waals surface area (Å²) in [6.45, 7) is 8.61. The SMILES string of the molecule is Cc1cccc(-c2cccc(CN3Cc4cccc(n4)-c4cccc(n4)CN(C)Cc4cc(C(=O)C(C)C)cc(n4)-c4cc(C(=O)NCCN)cc(n4)C3)n2)n1. The molecular formula is C44H46N10O2. The van der Waals surface area contributed by atoms with E-state index in [2.05, 4.69) is 15.1 Å². The summed E-state index contributed by atoms with van der Waals surface area (Å²) in [6.07, 6.45) is 0. The van der Waals surface area contributed by atoms with Crippen LogP contribution in [0.1, 0.15) is 68.7 Å². The van der Waals surface area contributed by atoms with Gasteiger partial charge in [0.2, 0.25) is 0 Å². The van der Waals surface area contributed by atoms with Crippen LogP contribution in [0.4, 0.5) is 0 Å². The zero-order chi connectivity index (χ0) is 39.2. The van der Waals surface area contributed by atoms with Gasteiger partial charge in [-0.15, -0.1) is 0 Å². The van der Waals surface area contributed by atoms with Crippen molar-refractivity contribution in [2.75, 3.05) is 20.1 Å². The smallest absolute Gasteiger partial charge is 0.251 e. The number of carbonyl (C=O) groups excluding carboxylic acids is 2. The number of rotatable bonds is 8. The van der Waals surface area contributed by atoms with Crippen LogP contribution < -0.4 is 11.1 Å². The van der Waals surface area contributed by atoms with E-state index < -0.39 is 0 Å². The first-order chi connectivity index (χ1) is 27.1. The average molecular weight is 747 g/mol. The van der Waals surface area contributed by atoms with Crippen LogP contribution >= 0.6 is 0 Å². The number of nitrogens with one attached hydrogen (secondary N) is 1. The molecule has 6 aromatic heterocycles. The van der Waals surface area contributed by atoms with Crippen LogP contribution in [0.25, 0.3) is 34.2 Å². The minimum Gasteiger partial charge on any atom is -0.351 e. The van der Waals surface area contributed by atoms with E-state index in [-0.39, 0.29) is 17.6 Å². The van der Waals surface area contributed by atoms with E-state index in [1.165, 1.54) is 0 Å². The Morgan fingerprint density at radius 1 is 0.643 bits per heavy atom. The summed E-state index contributed by atoms with van der Waals surface area (Å²) >= 11 is 0. The van der Waals surface area contributed by atoms with E-state index in [4.69, 9.17) is 35.6 Å². The molecule has 7 rings (SSSR count). The van der Waals surface area contributed by atoms with E-state index in [1.807, 2.05) is 107 Å². The minimum atomic E-state index is -0.272. The second-order valence-corrected chi connectivity index (χ2v) is 14.6. The van der Waals surface area contributed by atoms with E-state index in [1.54, 1.807) is 18.2 Å². The summed E-state index contributed by atoms with van der Waals surface area (Å²) in [4.78, 5) is 61.3. The maximum absolute atomic E-state index is 13.6. The molecule has 0 saturated heterocycles. The molecular weight excluding hydrogens is 701 g/mol. The lowest BCUT2D eigenvalue weighted by atomic mass is 9.99. The second kappa shape index (κ2) is 17.2. The Hall–Kier alpha value is -6.08. The predicted molar refractivity (Wildman–Crippen MR) is 216 cm³/mol. The zero-order valence-corrected chi connectivity index (χ0v) is 32.2. The molecule has 0 aromatic carbocycles. The largest absolute Gasteiger partial charge is 0.351 e. The predicted octanol–water partition coefficient (Wildman–Crippen LogP) is 6.04. The van der Waals surface area contributed by atoms with Gasteiger partial charge in [0.25, 0.3) is 5.91 Å². The molecule has 0 aliphatic carbocycles. The number of carbonyl (C=O) groups is 2. The number of ketones is 1. The fourth-order valence-corrected chi connectivity index (χ4v) is 6.77. The van der Waals surface area contributed by atoms with E-state index >= 15 is 0 Å². The highest BCUT2D eigenvalue weighted by molar-refractivity contribution is 5.98. The maximum Gasteiger partial charge on any atom is 0.251 e. The Morgan fingerprint density at radius 2 is 1.16 bits per heavy atom. The lowest BCUT2D eigenvalue weighted by Gasteiger charge is -2.23. The highest BCUT2D eigenvalue weighted by Gasteiger charge is 2.20. The van der Waals surface area contributed by atoms with Gasteiger partial charge in [-0.05, 0) is 86.8 Å². The first-order valence-corrected chi connectivity index (χ1v) is 18.9. The third kappa shape index (κ3) is 9.40. The minimum absolute atomic E-state index is 0.00143. The molecule has 0 radical (unpaired) electrons. The number of aromatic nitrogens is 6. The average Bonchev–Trinajstić information content (AvgIpc) is 3.19. The lowest BCUT2D eigenvalue weighted by Crippen LogP contribution is -2.29. The molecule has 1 aliphatic rings. The summed E-state index contributed by atoms with van der Waals surface area (Å²) in [5.41, 5.74) is 15.7. The van der Waals surface area contributed by atoms with Gasteiger partial charge in [0.1, 0.15) is 0 Å². The van der Waals surface area contributed by atoms with Gasteiger partial charge in [0, 0.05) is 68.6 Å². The van der Waals surface area contributed by atoms with Gasteiger partial charge in [-0.25, -0.2) is 24.9 Å². The van der Waals surface area contributed by atoms with Crippen molar-refractivity contribution in [3.8, 4) is 34.2 Å². The number of aryl methyl sites for hydroxylation is 1. The fourth-order valence-electron chi connectivity index (χ4n) is 6.77. The van der Waals surface area contributed by atoms with Crippen LogP contribution in [0.5, 0.6) is 0 Å². The van der Waals surface area contributed by atoms with Crippen LogP contribution in [-0.2, 0) is 32.7 Å². The monoisotopic (exact) mass is 746 g/mol. The van der Waals surface area contributed by atoms with Gasteiger partial charge in [0.15, 0.2) is 5.78 Å². The Morgan fingerprint density at radius 3 is 1.82 bits per heavy atom. The number of pyridine rings is 6. The standard InChI is InChI=1S/C44H46N10O2/c1-28(2)43(55)30-19-35-24-53(4)23-32-10-6-15-39(48-32)40-16-8-12-34(50-40)26-54(25-33-11-7-14-38(49-33)37-13-5-9-29(3)47-37)27-36-20-31(44(56)46-18-17-45)22-42(52-36)41(21-30)51-35/h5-16,19-22,28H,17-18,23-27,45H2,1-4H3,(H,46,56). The maximum atomic E-state index is 13.6. The number of hydrogen-bond acceptors (Lipinski definition) is 11. The summed E-state index contributed by atoms with van der Waals surface area (Å²) in [6, 6.07) is 31.0. The van der Waals surface area contributed by atoms with Gasteiger partial charge < -0.3 is 11.1 Å². The Bertz CT molecular complexity index is 2380. The lowest BCUT2D eigenvalue weighted by molar-refractivity contribution is 0.0936. The van der Waals surface area contributed by atoms with Crippen molar-refractivity contribution >= 4 is 11.7 Å². The molecule has 6 aromatic rings. The number of amides is 1. The first-order valence-electron chi connectivity index (χ1n) is 18.9. The normalized spacial score (nSPS) is 13.5. The third-order valence-electron chi connectivity index (χ3n) is 9.37. The Labute approximate surface area is 327 Å². The van der Waals surface area contributed by atoms with E-state index in [0.29, 0.717) is 79.7 Å². The fraction of sp³-hybridized carbons (Fsp3) is 0.273. The number of fused-ring (bicyclic) bond motifs is 10. The number of Topliss-reactive ketones (excluding diaryl/α,β-unsaturated/α-hetero) is 1. The van der Waals surface area contributed by atoms with E-state index in [9.17, 15) is 9.59 Å². The highest BCUT2D eigenvalue weighted by atomic mass is 16.1. The molecule has 7 heterocycles. The molecule has 56 heavy (non-hydrogen) atoms. The number of nitrogens with zero attached hydrogens (tertiary/aromatic N) is 8. The first kappa shape index (κ1) is 38.2. The van der Waals surface area contributed by atoms with Crippen molar-refractivity contribution in [2.45, 2.75) is 53.5 Å². The molecule has 1 amide bonds. The third-order valence-corrected chi connectivity index (χ3v) is 9.37. The van der Waals surface area contributed by atoms with Gasteiger partial charge in [-0.2, -0.15) is 0 Å². The quantitative estimate of drug-likeness (QED) is 0.175. The van der Waals surface area contributed by atoms with Crippen molar-refractivity contribution < 1.29 is 9.59 Å². The second-order valence-electron chi connectivity index (χ2n) is 14.6. The molecule has 0 fully saturated rings. The molecule has 1 aliphatic heterocycles. The summed E-state index contributed by atoms with van der Waals surface area (Å²) < 4.78 is 0. The Balaban J connectivity index is 1.37. The molecule has 284 valence electrons. The van der Waals surface area contributed by atoms with Crippen LogP contribution in [0.3, 0.4) is 0 Å². The van der Waals surface area contributed by atoms with Crippen LogP contribution in [-0.4, -0.2) is 71.5 Å². The highest BCUT2D eigenvalue weighted by Crippen LogP contribution is 2.25. The van der Waals surface area contributed by atoms with Gasteiger partial charge in [-0.3, -0.25) is 24.4 Å². The van der Waals surface area contributed by atoms with Crippen LogP contribution in [0.15, 0.2) is 97.1 Å². The van der Waals surface area contributed by atoms with Gasteiger partial charge >= 0.3 is 0 Å². The Kier molecular flexibility index (Phi) is 11.7. The molecule has 12 heteroatoms. The molecule has 3 N–H and O–H groups in total. The molecule has 0 spiro atoms. The molecule has 0 saturated carbocycles.